The number of pyridine rings is 1. The Bertz CT molecular complexity index is 884. The molecule has 25 heavy (non-hydrogen) atoms. The SMILES string of the molecule is CCON=C(c1ccc(F)c(F)c1)c1ccc(C(C)S(=O)(=O)O)cn1. The molecule has 0 bridgehead atoms. The maximum atomic E-state index is 13.5. The van der Waals surface area contributed by atoms with Crippen LogP contribution in [0.5, 0.6) is 0 Å². The summed E-state index contributed by atoms with van der Waals surface area (Å²) in [7, 11) is -4.25. The normalized spacial score (nSPS) is 13.6. The van der Waals surface area contributed by atoms with Gasteiger partial charge in [0.05, 0.1) is 5.69 Å². The van der Waals surface area contributed by atoms with Crippen LogP contribution >= 0.6 is 0 Å². The molecule has 0 amide bonds. The number of benzene rings is 1. The summed E-state index contributed by atoms with van der Waals surface area (Å²) in [6, 6.07) is 6.15. The van der Waals surface area contributed by atoms with E-state index < -0.39 is 27.0 Å². The fourth-order valence-electron chi connectivity index (χ4n) is 1.98. The zero-order chi connectivity index (χ0) is 18.6. The third kappa shape index (κ3) is 4.58. The third-order valence-corrected chi connectivity index (χ3v) is 4.59. The highest BCUT2D eigenvalue weighted by Crippen LogP contribution is 2.21. The van der Waals surface area contributed by atoms with E-state index in [2.05, 4.69) is 10.1 Å². The monoisotopic (exact) mass is 370 g/mol. The molecule has 0 aliphatic heterocycles. The molecular weight excluding hydrogens is 354 g/mol. The lowest BCUT2D eigenvalue weighted by Crippen LogP contribution is -2.11. The minimum Gasteiger partial charge on any atom is -0.396 e. The van der Waals surface area contributed by atoms with Crippen LogP contribution in [0, 0.1) is 11.6 Å². The largest absolute Gasteiger partial charge is 0.396 e. The van der Waals surface area contributed by atoms with Crippen molar-refractivity contribution in [2.24, 2.45) is 5.16 Å². The molecule has 0 fully saturated rings. The Labute approximate surface area is 143 Å². The first-order chi connectivity index (χ1) is 11.7. The molecule has 0 aliphatic carbocycles. The van der Waals surface area contributed by atoms with Crippen molar-refractivity contribution in [2.75, 3.05) is 6.61 Å². The van der Waals surface area contributed by atoms with E-state index in [0.29, 0.717) is 0 Å². The second-order valence-electron chi connectivity index (χ2n) is 5.12. The molecule has 0 spiro atoms. The summed E-state index contributed by atoms with van der Waals surface area (Å²) in [6.45, 7) is 3.28. The summed E-state index contributed by atoms with van der Waals surface area (Å²) in [5, 5.41) is 2.73. The molecule has 0 saturated heterocycles. The molecule has 134 valence electrons. The van der Waals surface area contributed by atoms with Gasteiger partial charge in [-0.05, 0) is 43.7 Å². The number of nitrogens with zero attached hydrogens (tertiary/aromatic N) is 2. The lowest BCUT2D eigenvalue weighted by Gasteiger charge is -2.10. The van der Waals surface area contributed by atoms with Crippen LogP contribution in [0.25, 0.3) is 0 Å². The van der Waals surface area contributed by atoms with Gasteiger partial charge in [-0.25, -0.2) is 8.78 Å². The van der Waals surface area contributed by atoms with Gasteiger partial charge in [-0.2, -0.15) is 8.42 Å². The van der Waals surface area contributed by atoms with Gasteiger partial charge in [0.25, 0.3) is 10.1 Å². The number of rotatable bonds is 6. The molecule has 6 nitrogen and oxygen atoms in total. The van der Waals surface area contributed by atoms with Crippen molar-refractivity contribution < 1.29 is 26.6 Å². The third-order valence-electron chi connectivity index (χ3n) is 3.42. The van der Waals surface area contributed by atoms with Gasteiger partial charge in [-0.3, -0.25) is 9.54 Å². The van der Waals surface area contributed by atoms with Crippen LogP contribution in [-0.2, 0) is 15.0 Å². The Balaban J connectivity index is 2.44. The Morgan fingerprint density at radius 3 is 2.52 bits per heavy atom. The lowest BCUT2D eigenvalue weighted by atomic mass is 10.1. The van der Waals surface area contributed by atoms with E-state index in [1.165, 1.54) is 31.3 Å². The van der Waals surface area contributed by atoms with E-state index in [-0.39, 0.29) is 29.1 Å². The van der Waals surface area contributed by atoms with Gasteiger partial charge in [0.1, 0.15) is 17.6 Å². The molecular formula is C16H16F2N2O4S. The van der Waals surface area contributed by atoms with Gasteiger partial charge in [-0.15, -0.1) is 0 Å². The predicted molar refractivity (Wildman–Crippen MR) is 87.8 cm³/mol. The summed E-state index contributed by atoms with van der Waals surface area (Å²) in [4.78, 5) is 9.09. The Morgan fingerprint density at radius 2 is 2.00 bits per heavy atom. The van der Waals surface area contributed by atoms with Crippen molar-refractivity contribution in [3.8, 4) is 0 Å². The van der Waals surface area contributed by atoms with Crippen LogP contribution in [0.4, 0.5) is 8.78 Å². The van der Waals surface area contributed by atoms with Crippen molar-refractivity contribution in [3.63, 3.8) is 0 Å². The molecule has 2 aromatic rings. The van der Waals surface area contributed by atoms with Gasteiger partial charge in [0.15, 0.2) is 11.6 Å². The van der Waals surface area contributed by atoms with Gasteiger partial charge in [0.2, 0.25) is 0 Å². The van der Waals surface area contributed by atoms with Gasteiger partial charge in [-0.1, -0.05) is 11.2 Å². The minimum absolute atomic E-state index is 0.159. The molecule has 1 atom stereocenters. The fraction of sp³-hybridized carbons (Fsp3) is 0.250. The number of aromatic nitrogens is 1. The average molecular weight is 370 g/mol. The second-order valence-corrected chi connectivity index (χ2v) is 6.86. The smallest absolute Gasteiger partial charge is 0.271 e. The molecule has 1 N–H and O–H groups in total. The maximum absolute atomic E-state index is 13.5. The molecule has 1 unspecified atom stereocenters. The first kappa shape index (κ1) is 18.9. The van der Waals surface area contributed by atoms with Crippen LogP contribution in [0.3, 0.4) is 0 Å². The van der Waals surface area contributed by atoms with Crippen molar-refractivity contribution in [2.45, 2.75) is 19.1 Å². The van der Waals surface area contributed by atoms with E-state index >= 15 is 0 Å². The minimum atomic E-state index is -4.25. The quantitative estimate of drug-likeness (QED) is 0.479. The second kappa shape index (κ2) is 7.66. The summed E-state index contributed by atoms with van der Waals surface area (Å²) >= 11 is 0. The van der Waals surface area contributed by atoms with Crippen molar-refractivity contribution >= 4 is 15.8 Å². The highest BCUT2D eigenvalue weighted by molar-refractivity contribution is 7.86. The highest BCUT2D eigenvalue weighted by Gasteiger charge is 2.20. The molecule has 2 rings (SSSR count). The average Bonchev–Trinajstić information content (AvgIpc) is 2.57. The topological polar surface area (TPSA) is 88.8 Å². The van der Waals surface area contributed by atoms with Crippen LogP contribution in [0.2, 0.25) is 0 Å². The molecule has 0 radical (unpaired) electrons. The van der Waals surface area contributed by atoms with E-state index in [1.807, 2.05) is 0 Å². The highest BCUT2D eigenvalue weighted by atomic mass is 32.2. The van der Waals surface area contributed by atoms with Gasteiger partial charge < -0.3 is 4.84 Å². The number of hydrogen-bond donors (Lipinski definition) is 1. The Hall–Kier alpha value is -2.39. The Morgan fingerprint density at radius 1 is 1.28 bits per heavy atom. The number of hydrogen-bond acceptors (Lipinski definition) is 5. The number of halogens is 2. The summed E-state index contributed by atoms with van der Waals surface area (Å²) in [5.74, 6) is -2.04. The Kier molecular flexibility index (Phi) is 5.81. The van der Waals surface area contributed by atoms with Crippen molar-refractivity contribution in [3.05, 3.63) is 65.0 Å². The van der Waals surface area contributed by atoms with E-state index in [9.17, 15) is 17.2 Å². The molecule has 1 aromatic carbocycles. The lowest BCUT2D eigenvalue weighted by molar-refractivity contribution is 0.159. The molecule has 1 aromatic heterocycles. The van der Waals surface area contributed by atoms with Crippen LogP contribution < -0.4 is 0 Å². The summed E-state index contributed by atoms with van der Waals surface area (Å²) in [5.41, 5.74) is 0.945. The first-order valence-electron chi connectivity index (χ1n) is 7.32. The van der Waals surface area contributed by atoms with Crippen LogP contribution in [0.1, 0.15) is 35.9 Å². The van der Waals surface area contributed by atoms with E-state index in [4.69, 9.17) is 9.39 Å². The zero-order valence-corrected chi connectivity index (χ0v) is 14.3. The van der Waals surface area contributed by atoms with Crippen LogP contribution in [0.15, 0.2) is 41.7 Å². The fourth-order valence-corrected chi connectivity index (χ4v) is 2.46. The summed E-state index contributed by atoms with van der Waals surface area (Å²) in [6.07, 6.45) is 1.26. The molecule has 1 heterocycles. The van der Waals surface area contributed by atoms with E-state index in [1.54, 1.807) is 6.92 Å². The standard InChI is InChI=1S/C16H16F2N2O4S/c1-3-24-20-16(11-4-6-13(17)14(18)8-11)15-7-5-12(9-19-15)10(2)25(21,22)23/h4-10H,3H2,1-2H3,(H,21,22,23). The van der Waals surface area contributed by atoms with Crippen LogP contribution in [-0.4, -0.2) is 30.3 Å². The number of oxime groups is 1. The zero-order valence-electron chi connectivity index (χ0n) is 13.5. The molecule has 0 saturated carbocycles. The van der Waals surface area contributed by atoms with Crippen molar-refractivity contribution in [1.29, 1.82) is 0 Å². The first-order valence-corrected chi connectivity index (χ1v) is 8.82. The van der Waals surface area contributed by atoms with Gasteiger partial charge in [0, 0.05) is 11.8 Å². The van der Waals surface area contributed by atoms with E-state index in [0.717, 1.165) is 12.1 Å². The maximum Gasteiger partial charge on any atom is 0.271 e. The molecule has 0 aliphatic rings. The van der Waals surface area contributed by atoms with Crippen molar-refractivity contribution in [1.82, 2.24) is 4.98 Å². The predicted octanol–water partition coefficient (Wildman–Crippen LogP) is 3.10. The van der Waals surface area contributed by atoms with Gasteiger partial charge >= 0.3 is 0 Å². The molecule has 9 heteroatoms. The summed E-state index contributed by atoms with van der Waals surface area (Å²) < 4.78 is 58.1.